The van der Waals surface area contributed by atoms with Crippen LogP contribution in [0.5, 0.6) is 0 Å². The molecule has 0 saturated carbocycles. The third-order valence-electron chi connectivity index (χ3n) is 0.747. The Balaban J connectivity index is 3.17. The average molecular weight is 252 g/mol. The summed E-state index contributed by atoms with van der Waals surface area (Å²) in [6, 6.07) is 6.26. The molecule has 0 N–H and O–H groups in total. The van der Waals surface area contributed by atoms with Crippen molar-refractivity contribution in [1.82, 2.24) is 0 Å². The van der Waals surface area contributed by atoms with Gasteiger partial charge in [0.1, 0.15) is 5.82 Å². The van der Waals surface area contributed by atoms with E-state index < -0.39 is 5.82 Å². The van der Waals surface area contributed by atoms with E-state index in [-0.39, 0.29) is 0 Å². The molecule has 1 rings (SSSR count). The zero-order valence-corrected chi connectivity index (χ0v) is 7.38. The lowest BCUT2D eigenvalue weighted by molar-refractivity contribution is 0.624. The largest absolute Gasteiger partial charge is 0.206 e. The van der Waals surface area contributed by atoms with Crippen LogP contribution < -0.4 is 0 Å². The van der Waals surface area contributed by atoms with Gasteiger partial charge in [-0.05, 0) is 37.9 Å². The number of hydrogen-bond donors (Lipinski definition) is 0. The molecule has 9 heavy (non-hydrogen) atoms. The van der Waals surface area contributed by atoms with Crippen LogP contribution in [0.4, 0.5) is 4.39 Å². The first kappa shape index (κ1) is 7.22. The summed E-state index contributed by atoms with van der Waals surface area (Å²) in [5.41, 5.74) is 0. The van der Waals surface area contributed by atoms with Gasteiger partial charge in [-0.25, -0.2) is 4.39 Å². The summed E-state index contributed by atoms with van der Waals surface area (Å²) in [5, 5.41) is 0. The lowest BCUT2D eigenvalue weighted by Gasteiger charge is -1.90. The Morgan fingerprint density at radius 3 is 2.44 bits per heavy atom. The Kier molecular flexibility index (Phi) is 2.24. The highest BCUT2D eigenvalue weighted by Crippen LogP contribution is 2.21. The average Bonchev–Trinajstić information content (AvgIpc) is 1.80. The molecule has 0 aliphatic carbocycles. The van der Waals surface area contributed by atoms with Crippen LogP contribution in [0.15, 0.2) is 15.0 Å². The molecule has 2 radical (unpaired) electrons. The highest BCUT2D eigenvalue weighted by atomic mass is 79.9. The van der Waals surface area contributed by atoms with E-state index in [4.69, 9.17) is 0 Å². The van der Waals surface area contributed by atoms with Gasteiger partial charge in [-0.2, -0.15) is 0 Å². The van der Waals surface area contributed by atoms with E-state index in [1.165, 1.54) is 6.07 Å². The Morgan fingerprint density at radius 1 is 1.33 bits per heavy atom. The molecule has 3 heteroatoms. The summed E-state index contributed by atoms with van der Waals surface area (Å²) in [6.45, 7) is 0. The molecule has 0 atom stereocenters. The van der Waals surface area contributed by atoms with Crippen molar-refractivity contribution in [3.8, 4) is 0 Å². The quantitative estimate of drug-likeness (QED) is 0.622. The van der Waals surface area contributed by atoms with Crippen LogP contribution in [0, 0.1) is 17.9 Å². The minimum atomic E-state index is -0.412. The van der Waals surface area contributed by atoms with Gasteiger partial charge in [0.15, 0.2) is 0 Å². The predicted octanol–water partition coefficient (Wildman–Crippen LogP) is 2.95. The molecule has 0 heterocycles. The summed E-state index contributed by atoms with van der Waals surface area (Å²) >= 11 is 6.20. The summed E-state index contributed by atoms with van der Waals surface area (Å²) in [7, 11) is 0. The van der Waals surface area contributed by atoms with Crippen molar-refractivity contribution in [2.75, 3.05) is 0 Å². The number of benzene rings is 1. The molecule has 0 bridgehead atoms. The minimum Gasteiger partial charge on any atom is -0.206 e. The number of rotatable bonds is 0. The van der Waals surface area contributed by atoms with E-state index in [0.717, 1.165) is 0 Å². The molecule has 0 unspecified atom stereocenters. The highest BCUT2D eigenvalue weighted by Gasteiger charge is 1.96. The number of halogens is 3. The summed E-state index contributed by atoms with van der Waals surface area (Å²) in [6.07, 6.45) is 0. The second-order valence-electron chi connectivity index (χ2n) is 1.39. The third-order valence-corrected chi connectivity index (χ3v) is 2.50. The summed E-state index contributed by atoms with van der Waals surface area (Å²) in [4.78, 5) is 0. The van der Waals surface area contributed by atoms with Crippen LogP contribution in [0.3, 0.4) is 0 Å². The Hall–Kier alpha value is 0.110. The van der Waals surface area contributed by atoms with Gasteiger partial charge in [-0.3, -0.25) is 0 Å². The normalized spacial score (nSPS) is 9.67. The van der Waals surface area contributed by atoms with Gasteiger partial charge < -0.3 is 0 Å². The SMILES string of the molecule is Fc1[c]c(Br)c(Br)[c]c1. The van der Waals surface area contributed by atoms with E-state index in [9.17, 15) is 4.39 Å². The zero-order valence-electron chi connectivity index (χ0n) is 4.21. The van der Waals surface area contributed by atoms with Crippen molar-refractivity contribution in [3.05, 3.63) is 33.0 Å². The van der Waals surface area contributed by atoms with Gasteiger partial charge in [-0.15, -0.1) is 0 Å². The molecule has 0 fully saturated rings. The van der Waals surface area contributed by atoms with Gasteiger partial charge >= 0.3 is 0 Å². The lowest BCUT2D eigenvalue weighted by Crippen LogP contribution is -1.74. The van der Waals surface area contributed by atoms with Crippen LogP contribution in [-0.2, 0) is 0 Å². The fourth-order valence-corrected chi connectivity index (χ4v) is 0.903. The van der Waals surface area contributed by atoms with E-state index in [1.807, 2.05) is 0 Å². The molecule has 0 saturated heterocycles. The van der Waals surface area contributed by atoms with Gasteiger partial charge in [0.25, 0.3) is 0 Å². The van der Waals surface area contributed by atoms with Crippen LogP contribution in [0.25, 0.3) is 0 Å². The topological polar surface area (TPSA) is 0 Å². The highest BCUT2D eigenvalue weighted by molar-refractivity contribution is 9.13. The monoisotopic (exact) mass is 250 g/mol. The maximum absolute atomic E-state index is 12.2. The maximum Gasteiger partial charge on any atom is 0.133 e. The molecular weight excluding hydrogens is 251 g/mol. The van der Waals surface area contributed by atoms with Crippen molar-refractivity contribution in [1.29, 1.82) is 0 Å². The smallest absolute Gasteiger partial charge is 0.133 e. The first-order chi connectivity index (χ1) is 4.20. The summed E-state index contributed by atoms with van der Waals surface area (Å²) < 4.78 is 13.5. The second-order valence-corrected chi connectivity index (χ2v) is 2.98. The van der Waals surface area contributed by atoms with Crippen molar-refractivity contribution >= 4 is 31.9 Å². The van der Waals surface area contributed by atoms with Crippen molar-refractivity contribution in [3.63, 3.8) is 0 Å². The molecular formula is C6HBr2F. The molecule has 0 amide bonds. The Bertz CT molecular complexity index is 222. The molecule has 0 aromatic heterocycles. The molecule has 0 aliphatic rings. The van der Waals surface area contributed by atoms with Crippen molar-refractivity contribution in [2.45, 2.75) is 0 Å². The molecule has 0 nitrogen and oxygen atoms in total. The zero-order chi connectivity index (χ0) is 6.85. The predicted molar refractivity (Wildman–Crippen MR) is 39.5 cm³/mol. The van der Waals surface area contributed by atoms with Crippen molar-refractivity contribution in [2.24, 2.45) is 0 Å². The van der Waals surface area contributed by atoms with E-state index in [0.29, 0.717) is 8.95 Å². The Labute approximate surface area is 69.3 Å². The van der Waals surface area contributed by atoms with E-state index in [1.54, 1.807) is 0 Å². The fourth-order valence-electron chi connectivity index (χ4n) is 0.386. The molecule has 1 aromatic rings. The van der Waals surface area contributed by atoms with Gasteiger partial charge in [0, 0.05) is 21.1 Å². The molecule has 0 aliphatic heterocycles. The van der Waals surface area contributed by atoms with Gasteiger partial charge in [0.2, 0.25) is 0 Å². The second kappa shape index (κ2) is 2.80. The maximum atomic E-state index is 12.2. The van der Waals surface area contributed by atoms with Crippen LogP contribution in [0.2, 0.25) is 0 Å². The van der Waals surface area contributed by atoms with E-state index >= 15 is 0 Å². The van der Waals surface area contributed by atoms with Crippen LogP contribution in [0.1, 0.15) is 0 Å². The third kappa shape index (κ3) is 1.76. The van der Waals surface area contributed by atoms with Gasteiger partial charge in [0.05, 0.1) is 0 Å². The Morgan fingerprint density at radius 2 is 2.00 bits per heavy atom. The lowest BCUT2D eigenvalue weighted by atomic mass is 10.4. The standard InChI is InChI=1S/C6HBr2F/c7-5-2-1-4(9)3-6(5)8/h1H. The molecule has 1 aromatic carbocycles. The first-order valence-electron chi connectivity index (χ1n) is 2.14. The minimum absolute atomic E-state index is 0.412. The molecule has 0 spiro atoms. The summed E-state index contributed by atoms with van der Waals surface area (Å²) in [5.74, 6) is -0.412. The fraction of sp³-hybridized carbons (Fsp3) is 0. The van der Waals surface area contributed by atoms with Crippen LogP contribution >= 0.6 is 31.9 Å². The number of hydrogen-bond acceptors (Lipinski definition) is 0. The molecule has 46 valence electrons. The first-order valence-corrected chi connectivity index (χ1v) is 3.73. The van der Waals surface area contributed by atoms with E-state index in [2.05, 4.69) is 44.0 Å². The van der Waals surface area contributed by atoms with Crippen LogP contribution in [-0.4, -0.2) is 0 Å². The van der Waals surface area contributed by atoms with Crippen molar-refractivity contribution < 1.29 is 4.39 Å². The van der Waals surface area contributed by atoms with Gasteiger partial charge in [-0.1, -0.05) is 0 Å².